The van der Waals surface area contributed by atoms with Crippen LogP contribution in [-0.2, 0) is 16.1 Å². The minimum atomic E-state index is -0.267. The fourth-order valence-electron chi connectivity index (χ4n) is 1.85. The van der Waals surface area contributed by atoms with E-state index in [2.05, 4.69) is 15.6 Å². The number of pyridine rings is 1. The van der Waals surface area contributed by atoms with Crippen LogP contribution in [0.2, 0.25) is 0 Å². The lowest BCUT2D eigenvalue weighted by Crippen LogP contribution is -2.42. The molecule has 0 aliphatic carbocycles. The molecule has 0 bridgehead atoms. The monoisotopic (exact) mass is 276 g/mol. The predicted molar refractivity (Wildman–Crippen MR) is 76.4 cm³/mol. The van der Waals surface area contributed by atoms with E-state index in [9.17, 15) is 4.79 Å². The van der Waals surface area contributed by atoms with E-state index < -0.39 is 0 Å². The van der Waals surface area contributed by atoms with Crippen LogP contribution in [0.4, 0.5) is 0 Å². The van der Waals surface area contributed by atoms with Crippen molar-refractivity contribution >= 4 is 11.6 Å². The van der Waals surface area contributed by atoms with Crippen LogP contribution in [0.3, 0.4) is 0 Å². The van der Waals surface area contributed by atoms with Gasteiger partial charge in [-0.2, -0.15) is 0 Å². The number of amides is 1. The van der Waals surface area contributed by atoms with Crippen LogP contribution >= 0.6 is 0 Å². The summed E-state index contributed by atoms with van der Waals surface area (Å²) in [7, 11) is 1.61. The normalized spacial score (nSPS) is 12.5. The minimum absolute atomic E-state index is 0.0363. The number of carbonyl (C=O) groups excluding carboxylic acids is 1. The van der Waals surface area contributed by atoms with E-state index >= 15 is 0 Å². The van der Waals surface area contributed by atoms with Crippen LogP contribution in [0, 0.1) is 0 Å². The summed E-state index contributed by atoms with van der Waals surface area (Å²) in [6.45, 7) is 3.43. The number of methoxy groups -OCH3 is 1. The number of ether oxygens (including phenoxy) is 1. The van der Waals surface area contributed by atoms with E-state index in [1.165, 1.54) is 0 Å². The lowest BCUT2D eigenvalue weighted by molar-refractivity contribution is -0.122. The van der Waals surface area contributed by atoms with Crippen LogP contribution in [0.15, 0.2) is 30.6 Å². The molecular formula is C14H20N4O2. The van der Waals surface area contributed by atoms with E-state index in [0.717, 1.165) is 11.3 Å². The number of hydrogen-bond acceptors (Lipinski definition) is 4. The lowest BCUT2D eigenvalue weighted by atomic mass is 10.3. The molecule has 1 amide bonds. The standard InChI is InChI=1S/C14H20N4O2/c1-11(14(19)15-6-8-20-2)16-9-12-10-18-7-4-3-5-13(18)17-12/h3-5,7,10-11,16H,6,8-9H2,1-2H3,(H,15,19). The maximum absolute atomic E-state index is 11.8. The molecule has 2 aromatic rings. The molecule has 0 saturated heterocycles. The number of imidazole rings is 1. The highest BCUT2D eigenvalue weighted by Gasteiger charge is 2.12. The Morgan fingerprint density at radius 3 is 3.10 bits per heavy atom. The second-order valence-electron chi connectivity index (χ2n) is 4.58. The van der Waals surface area contributed by atoms with Gasteiger partial charge in [-0.3, -0.25) is 4.79 Å². The van der Waals surface area contributed by atoms with Crippen LogP contribution in [0.25, 0.3) is 5.65 Å². The van der Waals surface area contributed by atoms with Crippen LogP contribution in [-0.4, -0.2) is 41.6 Å². The second kappa shape index (κ2) is 7.02. The van der Waals surface area contributed by atoms with Gasteiger partial charge in [-0.05, 0) is 19.1 Å². The number of carbonyl (C=O) groups is 1. The molecular weight excluding hydrogens is 256 g/mol. The molecule has 0 aromatic carbocycles. The van der Waals surface area contributed by atoms with Crippen molar-refractivity contribution in [3.05, 3.63) is 36.3 Å². The maximum Gasteiger partial charge on any atom is 0.236 e. The molecule has 0 fully saturated rings. The first-order valence-corrected chi connectivity index (χ1v) is 6.63. The number of nitrogens with zero attached hydrogens (tertiary/aromatic N) is 2. The van der Waals surface area contributed by atoms with Crippen molar-refractivity contribution in [2.45, 2.75) is 19.5 Å². The summed E-state index contributed by atoms with van der Waals surface area (Å²) in [5.74, 6) is -0.0363. The average molecular weight is 276 g/mol. The Kier molecular flexibility index (Phi) is 5.09. The number of nitrogens with one attached hydrogen (secondary N) is 2. The third-order valence-electron chi connectivity index (χ3n) is 3.00. The Hall–Kier alpha value is -1.92. The molecule has 0 saturated carbocycles. The largest absolute Gasteiger partial charge is 0.383 e. The fraction of sp³-hybridized carbons (Fsp3) is 0.429. The summed E-state index contributed by atoms with van der Waals surface area (Å²) in [5, 5.41) is 5.95. The average Bonchev–Trinajstić information content (AvgIpc) is 2.87. The van der Waals surface area contributed by atoms with Gasteiger partial charge in [0.2, 0.25) is 5.91 Å². The van der Waals surface area contributed by atoms with Gasteiger partial charge in [0, 0.05) is 32.6 Å². The van der Waals surface area contributed by atoms with Gasteiger partial charge < -0.3 is 19.8 Å². The molecule has 108 valence electrons. The molecule has 2 rings (SSSR count). The van der Waals surface area contributed by atoms with E-state index in [4.69, 9.17) is 4.74 Å². The summed E-state index contributed by atoms with van der Waals surface area (Å²) >= 11 is 0. The quantitative estimate of drug-likeness (QED) is 0.726. The Morgan fingerprint density at radius 1 is 1.50 bits per heavy atom. The Labute approximate surface area is 118 Å². The van der Waals surface area contributed by atoms with Gasteiger partial charge in [-0.15, -0.1) is 0 Å². The van der Waals surface area contributed by atoms with Crippen LogP contribution in [0.5, 0.6) is 0 Å². The minimum Gasteiger partial charge on any atom is -0.383 e. The molecule has 2 aromatic heterocycles. The SMILES string of the molecule is COCCNC(=O)C(C)NCc1cn2ccccc2n1. The van der Waals surface area contributed by atoms with E-state index in [1.54, 1.807) is 7.11 Å². The van der Waals surface area contributed by atoms with Gasteiger partial charge in [-0.25, -0.2) is 4.98 Å². The fourth-order valence-corrected chi connectivity index (χ4v) is 1.85. The zero-order valence-electron chi connectivity index (χ0n) is 11.8. The zero-order valence-corrected chi connectivity index (χ0v) is 11.8. The van der Waals surface area contributed by atoms with Gasteiger partial charge in [0.25, 0.3) is 0 Å². The predicted octanol–water partition coefficient (Wildman–Crippen LogP) is 0.575. The Morgan fingerprint density at radius 2 is 2.35 bits per heavy atom. The molecule has 6 nitrogen and oxygen atoms in total. The number of rotatable bonds is 7. The highest BCUT2D eigenvalue weighted by Crippen LogP contribution is 2.04. The molecule has 0 aliphatic heterocycles. The van der Waals surface area contributed by atoms with Gasteiger partial charge in [-0.1, -0.05) is 6.07 Å². The smallest absolute Gasteiger partial charge is 0.236 e. The summed E-state index contributed by atoms with van der Waals surface area (Å²) in [6, 6.07) is 5.59. The summed E-state index contributed by atoms with van der Waals surface area (Å²) in [4.78, 5) is 16.2. The summed E-state index contributed by atoms with van der Waals surface area (Å²) < 4.78 is 6.85. The molecule has 0 aliphatic rings. The molecule has 2 N–H and O–H groups in total. The zero-order chi connectivity index (χ0) is 14.4. The first-order valence-electron chi connectivity index (χ1n) is 6.63. The van der Waals surface area contributed by atoms with Crippen molar-refractivity contribution in [3.8, 4) is 0 Å². The van der Waals surface area contributed by atoms with Gasteiger partial charge in [0.15, 0.2) is 0 Å². The van der Waals surface area contributed by atoms with Crippen molar-refractivity contribution < 1.29 is 9.53 Å². The van der Waals surface area contributed by atoms with E-state index in [-0.39, 0.29) is 11.9 Å². The second-order valence-corrected chi connectivity index (χ2v) is 4.58. The van der Waals surface area contributed by atoms with Gasteiger partial charge in [0.05, 0.1) is 18.3 Å². The number of fused-ring (bicyclic) bond motifs is 1. The van der Waals surface area contributed by atoms with Crippen molar-refractivity contribution in [1.29, 1.82) is 0 Å². The topological polar surface area (TPSA) is 67.7 Å². The molecule has 6 heteroatoms. The van der Waals surface area contributed by atoms with Gasteiger partial charge >= 0.3 is 0 Å². The van der Waals surface area contributed by atoms with Gasteiger partial charge in [0.1, 0.15) is 5.65 Å². The Balaban J connectivity index is 1.83. The molecule has 1 unspecified atom stereocenters. The Bertz CT molecular complexity index is 534. The number of hydrogen-bond donors (Lipinski definition) is 2. The van der Waals surface area contributed by atoms with E-state index in [0.29, 0.717) is 19.7 Å². The molecule has 20 heavy (non-hydrogen) atoms. The van der Waals surface area contributed by atoms with Crippen molar-refractivity contribution in [2.24, 2.45) is 0 Å². The van der Waals surface area contributed by atoms with Crippen LogP contribution < -0.4 is 10.6 Å². The molecule has 0 spiro atoms. The first kappa shape index (κ1) is 14.5. The van der Waals surface area contributed by atoms with Crippen molar-refractivity contribution in [2.75, 3.05) is 20.3 Å². The summed E-state index contributed by atoms with van der Waals surface area (Å²) in [6.07, 6.45) is 3.91. The lowest BCUT2D eigenvalue weighted by Gasteiger charge is -2.12. The summed E-state index contributed by atoms with van der Waals surface area (Å²) in [5.41, 5.74) is 1.81. The number of aromatic nitrogens is 2. The molecule has 0 radical (unpaired) electrons. The molecule has 2 heterocycles. The van der Waals surface area contributed by atoms with Crippen LogP contribution in [0.1, 0.15) is 12.6 Å². The third-order valence-corrected chi connectivity index (χ3v) is 3.00. The third kappa shape index (κ3) is 3.79. The van der Waals surface area contributed by atoms with E-state index in [1.807, 2.05) is 41.9 Å². The highest BCUT2D eigenvalue weighted by atomic mass is 16.5. The highest BCUT2D eigenvalue weighted by molar-refractivity contribution is 5.81. The van der Waals surface area contributed by atoms with Crippen molar-refractivity contribution in [3.63, 3.8) is 0 Å². The first-order chi connectivity index (χ1) is 9.70. The molecule has 1 atom stereocenters. The maximum atomic E-state index is 11.8. The van der Waals surface area contributed by atoms with Crippen molar-refractivity contribution in [1.82, 2.24) is 20.0 Å².